The predicted molar refractivity (Wildman–Crippen MR) is 70.5 cm³/mol. The number of carbonyl (C=O) groups excluding carboxylic acids is 1. The van der Waals surface area contributed by atoms with Gasteiger partial charge in [0.1, 0.15) is 0 Å². The summed E-state index contributed by atoms with van der Waals surface area (Å²) in [6, 6.07) is 0.556. The van der Waals surface area contributed by atoms with Crippen molar-refractivity contribution in [2.75, 3.05) is 25.0 Å². The van der Waals surface area contributed by atoms with Gasteiger partial charge in [-0.3, -0.25) is 15.0 Å². The van der Waals surface area contributed by atoms with E-state index in [2.05, 4.69) is 27.3 Å². The van der Waals surface area contributed by atoms with Gasteiger partial charge < -0.3 is 10.2 Å². The summed E-state index contributed by atoms with van der Waals surface area (Å²) < 4.78 is 5.12. The normalized spacial score (nSPS) is 24.4. The number of rotatable bonds is 4. The summed E-state index contributed by atoms with van der Waals surface area (Å²) in [5.74, 6) is 0.785. The number of hydrogen-bond donors (Lipinski definition) is 2. The second kappa shape index (κ2) is 6.12. The Hall–Kier alpha value is -1.47. The first-order valence-corrected chi connectivity index (χ1v) is 6.62. The van der Waals surface area contributed by atoms with Crippen molar-refractivity contribution in [3.63, 3.8) is 0 Å². The number of likely N-dealkylation sites (tertiary alicyclic amines) is 1. The Kier molecular flexibility index (Phi) is 4.49. The SMILES string of the molecule is Cc1nnc(NC(=O)CN2CC(CN)CCC2C)o1. The number of aromatic nitrogens is 2. The number of anilines is 1. The third-order valence-corrected chi connectivity index (χ3v) is 3.56. The standard InChI is InChI=1S/C12H21N5O2/c1-8-3-4-10(5-13)6-17(8)7-11(18)14-12-16-15-9(2)19-12/h8,10H,3-7,13H2,1-2H3,(H,14,16,18). The topological polar surface area (TPSA) is 97.3 Å². The van der Waals surface area contributed by atoms with Crippen LogP contribution in [0.25, 0.3) is 0 Å². The van der Waals surface area contributed by atoms with Crippen LogP contribution in [0.4, 0.5) is 6.01 Å². The lowest BCUT2D eigenvalue weighted by atomic mass is 9.93. The van der Waals surface area contributed by atoms with Gasteiger partial charge in [-0.25, -0.2) is 0 Å². The molecule has 2 heterocycles. The molecule has 0 spiro atoms. The minimum absolute atomic E-state index is 0.131. The molecule has 0 radical (unpaired) electrons. The Labute approximate surface area is 112 Å². The van der Waals surface area contributed by atoms with Gasteiger partial charge in [-0.05, 0) is 32.2 Å². The summed E-state index contributed by atoms with van der Waals surface area (Å²) in [5.41, 5.74) is 5.71. The van der Waals surface area contributed by atoms with Crippen LogP contribution in [0, 0.1) is 12.8 Å². The summed E-state index contributed by atoms with van der Waals surface area (Å²) in [6.07, 6.45) is 2.22. The highest BCUT2D eigenvalue weighted by atomic mass is 16.4. The zero-order valence-corrected chi connectivity index (χ0v) is 11.4. The molecular weight excluding hydrogens is 246 g/mol. The molecule has 1 aromatic rings. The van der Waals surface area contributed by atoms with Gasteiger partial charge in [0.25, 0.3) is 0 Å². The molecular formula is C12H21N5O2. The Morgan fingerprint density at radius 2 is 2.32 bits per heavy atom. The summed E-state index contributed by atoms with van der Waals surface area (Å²) in [7, 11) is 0. The number of amides is 1. The van der Waals surface area contributed by atoms with E-state index in [-0.39, 0.29) is 11.9 Å². The second-order valence-electron chi connectivity index (χ2n) is 5.13. The molecule has 106 valence electrons. The highest BCUT2D eigenvalue weighted by Crippen LogP contribution is 2.20. The Bertz CT molecular complexity index is 434. The lowest BCUT2D eigenvalue weighted by molar-refractivity contribution is -0.118. The van der Waals surface area contributed by atoms with E-state index >= 15 is 0 Å². The maximum absolute atomic E-state index is 11.9. The lowest BCUT2D eigenvalue weighted by Crippen LogP contribution is -2.47. The minimum atomic E-state index is -0.131. The third-order valence-electron chi connectivity index (χ3n) is 3.56. The fraction of sp³-hybridized carbons (Fsp3) is 0.750. The van der Waals surface area contributed by atoms with Crippen molar-refractivity contribution >= 4 is 11.9 Å². The molecule has 3 N–H and O–H groups in total. The molecule has 1 fully saturated rings. The average molecular weight is 267 g/mol. The van der Waals surface area contributed by atoms with Crippen molar-refractivity contribution in [3.05, 3.63) is 5.89 Å². The molecule has 2 unspecified atom stereocenters. The molecule has 1 aromatic heterocycles. The number of piperidine rings is 1. The summed E-state index contributed by atoms with van der Waals surface area (Å²) in [6.45, 7) is 5.69. The fourth-order valence-corrected chi connectivity index (χ4v) is 2.37. The van der Waals surface area contributed by atoms with Crippen molar-refractivity contribution in [2.45, 2.75) is 32.7 Å². The lowest BCUT2D eigenvalue weighted by Gasteiger charge is -2.36. The smallest absolute Gasteiger partial charge is 0.322 e. The van der Waals surface area contributed by atoms with Crippen molar-refractivity contribution in [3.8, 4) is 0 Å². The van der Waals surface area contributed by atoms with Crippen molar-refractivity contribution in [2.24, 2.45) is 11.7 Å². The molecule has 2 atom stereocenters. The Morgan fingerprint density at radius 3 is 2.95 bits per heavy atom. The van der Waals surface area contributed by atoms with Crippen molar-refractivity contribution < 1.29 is 9.21 Å². The van der Waals surface area contributed by atoms with Crippen LogP contribution in [0.15, 0.2) is 4.42 Å². The zero-order chi connectivity index (χ0) is 13.8. The first kappa shape index (κ1) is 14.0. The highest BCUT2D eigenvalue weighted by Gasteiger charge is 2.26. The van der Waals surface area contributed by atoms with E-state index in [4.69, 9.17) is 10.2 Å². The summed E-state index contributed by atoms with van der Waals surface area (Å²) in [4.78, 5) is 14.1. The van der Waals surface area contributed by atoms with Crippen LogP contribution in [0.2, 0.25) is 0 Å². The maximum atomic E-state index is 11.9. The van der Waals surface area contributed by atoms with Crippen LogP contribution in [0.1, 0.15) is 25.7 Å². The molecule has 7 heteroatoms. The van der Waals surface area contributed by atoms with E-state index in [0.29, 0.717) is 30.9 Å². The van der Waals surface area contributed by atoms with Gasteiger partial charge in [-0.2, -0.15) is 0 Å². The van der Waals surface area contributed by atoms with E-state index in [9.17, 15) is 4.79 Å². The average Bonchev–Trinajstić information content (AvgIpc) is 2.77. The van der Waals surface area contributed by atoms with Crippen LogP contribution in [0.3, 0.4) is 0 Å². The Balaban J connectivity index is 1.86. The second-order valence-corrected chi connectivity index (χ2v) is 5.13. The van der Waals surface area contributed by atoms with Gasteiger partial charge in [-0.15, -0.1) is 5.10 Å². The first-order chi connectivity index (χ1) is 9.08. The van der Waals surface area contributed by atoms with Crippen molar-refractivity contribution in [1.82, 2.24) is 15.1 Å². The molecule has 0 bridgehead atoms. The van der Waals surface area contributed by atoms with E-state index in [0.717, 1.165) is 19.4 Å². The van der Waals surface area contributed by atoms with Crippen molar-refractivity contribution in [1.29, 1.82) is 0 Å². The van der Waals surface area contributed by atoms with Gasteiger partial charge in [0.2, 0.25) is 11.8 Å². The number of nitrogens with one attached hydrogen (secondary N) is 1. The summed E-state index contributed by atoms with van der Waals surface area (Å²) in [5, 5.41) is 10.0. The van der Waals surface area contributed by atoms with Crippen LogP contribution in [-0.2, 0) is 4.79 Å². The number of nitrogens with zero attached hydrogens (tertiary/aromatic N) is 3. The Morgan fingerprint density at radius 1 is 1.53 bits per heavy atom. The van der Waals surface area contributed by atoms with E-state index < -0.39 is 0 Å². The van der Waals surface area contributed by atoms with Gasteiger partial charge in [0.05, 0.1) is 6.54 Å². The molecule has 19 heavy (non-hydrogen) atoms. The van der Waals surface area contributed by atoms with Crippen LogP contribution >= 0.6 is 0 Å². The fourth-order valence-electron chi connectivity index (χ4n) is 2.37. The van der Waals surface area contributed by atoms with Crippen LogP contribution < -0.4 is 11.1 Å². The quantitative estimate of drug-likeness (QED) is 0.818. The van der Waals surface area contributed by atoms with E-state index in [1.165, 1.54) is 0 Å². The number of nitrogens with two attached hydrogens (primary N) is 1. The van der Waals surface area contributed by atoms with E-state index in [1.807, 2.05) is 0 Å². The number of carbonyl (C=O) groups is 1. The molecule has 1 amide bonds. The molecule has 0 saturated carbocycles. The molecule has 1 aliphatic rings. The van der Waals surface area contributed by atoms with Gasteiger partial charge in [0, 0.05) is 19.5 Å². The highest BCUT2D eigenvalue weighted by molar-refractivity contribution is 5.90. The minimum Gasteiger partial charge on any atom is -0.408 e. The summed E-state index contributed by atoms with van der Waals surface area (Å²) >= 11 is 0. The predicted octanol–water partition coefficient (Wildman–Crippen LogP) is 0.376. The molecule has 1 aliphatic heterocycles. The van der Waals surface area contributed by atoms with Gasteiger partial charge in [-0.1, -0.05) is 5.10 Å². The molecule has 1 saturated heterocycles. The number of aryl methyl sites for hydroxylation is 1. The monoisotopic (exact) mass is 267 g/mol. The first-order valence-electron chi connectivity index (χ1n) is 6.62. The maximum Gasteiger partial charge on any atom is 0.322 e. The molecule has 7 nitrogen and oxygen atoms in total. The zero-order valence-electron chi connectivity index (χ0n) is 11.4. The molecule has 0 aliphatic carbocycles. The largest absolute Gasteiger partial charge is 0.408 e. The third kappa shape index (κ3) is 3.74. The molecule has 2 rings (SSSR count). The molecule has 0 aromatic carbocycles. The van der Waals surface area contributed by atoms with Crippen LogP contribution in [0.5, 0.6) is 0 Å². The van der Waals surface area contributed by atoms with E-state index in [1.54, 1.807) is 6.92 Å². The van der Waals surface area contributed by atoms with Gasteiger partial charge in [0.15, 0.2) is 0 Å². The van der Waals surface area contributed by atoms with Gasteiger partial charge >= 0.3 is 6.01 Å². The number of hydrogen-bond acceptors (Lipinski definition) is 6. The van der Waals surface area contributed by atoms with Crippen LogP contribution in [-0.4, -0.2) is 46.7 Å².